The van der Waals surface area contributed by atoms with Crippen LogP contribution < -0.4 is 11.0 Å². The van der Waals surface area contributed by atoms with E-state index in [1.807, 2.05) is 26.0 Å². The number of rotatable bonds is 9. The lowest BCUT2D eigenvalue weighted by molar-refractivity contribution is -0.109. The molecule has 4 rings (SSSR count). The van der Waals surface area contributed by atoms with Gasteiger partial charge in [0.05, 0.1) is 18.8 Å². The molecular weight excluding hydrogens is 584 g/mol. The molecule has 10 heteroatoms. The molecule has 2 fully saturated rings. The van der Waals surface area contributed by atoms with Crippen molar-refractivity contribution < 1.29 is 4.79 Å². The molecule has 1 saturated heterocycles. The van der Waals surface area contributed by atoms with Gasteiger partial charge in [-0.15, -0.1) is 0 Å². The van der Waals surface area contributed by atoms with Gasteiger partial charge in [-0.3, -0.25) is 14.5 Å². The third-order valence-electron chi connectivity index (χ3n) is 6.93. The Labute approximate surface area is 219 Å². The fraction of sp³-hybridized carbons (Fsp3) is 0.417. The van der Waals surface area contributed by atoms with E-state index in [1.54, 1.807) is 12.4 Å². The minimum atomic E-state index is -0.0105. The summed E-state index contributed by atoms with van der Waals surface area (Å²) in [5.74, 6) is 0.656. The van der Waals surface area contributed by atoms with Crippen molar-refractivity contribution in [2.45, 2.75) is 33.1 Å². The first-order chi connectivity index (χ1) is 16.4. The monoisotopic (exact) mass is 611 g/mol. The molecule has 0 bridgehead atoms. The molecular formula is C24H28ClIN5O2P. The van der Waals surface area contributed by atoms with Gasteiger partial charge in [0, 0.05) is 41.3 Å². The highest BCUT2D eigenvalue weighted by molar-refractivity contribution is 14.2. The predicted molar refractivity (Wildman–Crippen MR) is 148 cm³/mol. The lowest BCUT2D eigenvalue weighted by atomic mass is 9.56. The molecule has 0 radical (unpaired) electrons. The Bertz CT molecular complexity index is 1180. The van der Waals surface area contributed by atoms with Crippen LogP contribution in [0.5, 0.6) is 0 Å². The Morgan fingerprint density at radius 3 is 2.79 bits per heavy atom. The maximum absolute atomic E-state index is 12.2. The Morgan fingerprint density at radius 2 is 2.09 bits per heavy atom. The first-order valence-electron chi connectivity index (χ1n) is 11.2. The van der Waals surface area contributed by atoms with Crippen molar-refractivity contribution in [3.63, 3.8) is 0 Å². The fourth-order valence-electron chi connectivity index (χ4n) is 5.27. The van der Waals surface area contributed by atoms with E-state index in [0.29, 0.717) is 29.1 Å². The quantitative estimate of drug-likeness (QED) is 0.150. The average molecular weight is 612 g/mol. The number of likely N-dealkylation sites (tertiary alicyclic amines) is 1. The van der Waals surface area contributed by atoms with Crippen LogP contribution in [0.3, 0.4) is 0 Å². The molecule has 1 N–H and O–H groups in total. The first kappa shape index (κ1) is 25.5. The number of halogens is 2. The third kappa shape index (κ3) is 5.45. The van der Waals surface area contributed by atoms with Gasteiger partial charge in [-0.05, 0) is 83.7 Å². The number of hydrogen-bond acceptors (Lipinski definition) is 5. The Kier molecular flexibility index (Phi) is 8.23. The number of carbonyl (C=O) groups is 1. The van der Waals surface area contributed by atoms with Crippen LogP contribution in [0, 0.1) is 25.2 Å². The molecule has 2 aliphatic rings. The van der Waals surface area contributed by atoms with Gasteiger partial charge in [-0.2, -0.15) is 10.2 Å². The molecule has 1 atom stereocenters. The van der Waals surface area contributed by atoms with Gasteiger partial charge < -0.3 is 0 Å². The van der Waals surface area contributed by atoms with Gasteiger partial charge >= 0.3 is 0 Å². The number of nitrogens with zero attached hydrogens (tertiary/aromatic N) is 4. The van der Waals surface area contributed by atoms with Crippen LogP contribution in [0.1, 0.15) is 40.7 Å². The summed E-state index contributed by atoms with van der Waals surface area (Å²) >= 11 is 8.47. The standard InChI is InChI=1S/C24H28ClIN5O2P/c1-16-20(11-29-31(34-26)23(16)33)4-3-7-30-13-24(14-30)9-18(10-24)8-19-5-6-22(25)17(2)21(19)12-27-28-15-32/h3-6,11-12,15,18,34H,7-10,13-14H2,1-2H3,(H,28,32)/b4-3+,27-12-. The zero-order chi connectivity index (χ0) is 24.3. The predicted octanol–water partition coefficient (Wildman–Crippen LogP) is 4.35. The zero-order valence-corrected chi connectivity index (χ0v) is 23.1. The van der Waals surface area contributed by atoms with Crippen LogP contribution in [-0.2, 0) is 11.2 Å². The van der Waals surface area contributed by atoms with Crippen LogP contribution >= 0.6 is 40.0 Å². The van der Waals surface area contributed by atoms with Gasteiger partial charge in [0.25, 0.3) is 5.56 Å². The summed E-state index contributed by atoms with van der Waals surface area (Å²) in [5, 5.41) is 8.91. The van der Waals surface area contributed by atoms with Crippen molar-refractivity contribution in [1.82, 2.24) is 19.9 Å². The SMILES string of the molecule is Cc1c(Cl)ccc(CC2CC3(C2)CN(C/C=C/c2cnn(PI)c(=O)c2C)C3)c1/C=N\NC=O. The second kappa shape index (κ2) is 11.0. The summed E-state index contributed by atoms with van der Waals surface area (Å²) < 4.78 is 1.50. The average Bonchev–Trinajstić information content (AvgIpc) is 2.77. The van der Waals surface area contributed by atoms with Crippen molar-refractivity contribution in [2.24, 2.45) is 16.4 Å². The highest BCUT2D eigenvalue weighted by Crippen LogP contribution is 2.53. The normalized spacial score (nSPS) is 18.2. The van der Waals surface area contributed by atoms with E-state index in [0.717, 1.165) is 48.3 Å². The van der Waals surface area contributed by atoms with Crippen molar-refractivity contribution in [2.75, 3.05) is 19.6 Å². The molecule has 180 valence electrons. The summed E-state index contributed by atoms with van der Waals surface area (Å²) in [5.41, 5.74) is 7.65. The summed E-state index contributed by atoms with van der Waals surface area (Å²) in [6.45, 7) is 6.99. The largest absolute Gasteiger partial charge is 0.298 e. The number of aromatic nitrogens is 2. The second-order valence-electron chi connectivity index (χ2n) is 9.33. The Morgan fingerprint density at radius 1 is 1.32 bits per heavy atom. The molecule has 1 spiro atoms. The molecule has 1 aliphatic heterocycles. The van der Waals surface area contributed by atoms with Crippen LogP contribution in [0.15, 0.2) is 34.3 Å². The number of hydrazone groups is 1. The van der Waals surface area contributed by atoms with E-state index in [9.17, 15) is 9.59 Å². The number of carbonyl (C=O) groups excluding carboxylic acids is 1. The molecule has 1 aromatic carbocycles. The minimum absolute atomic E-state index is 0.0105. The minimum Gasteiger partial charge on any atom is -0.298 e. The fourth-order valence-corrected chi connectivity index (χ4v) is 6.81. The van der Waals surface area contributed by atoms with Crippen molar-refractivity contribution in [1.29, 1.82) is 0 Å². The molecule has 1 saturated carbocycles. The number of benzene rings is 1. The topological polar surface area (TPSA) is 79.6 Å². The maximum Gasteiger partial charge on any atom is 0.274 e. The van der Waals surface area contributed by atoms with Crippen LogP contribution in [0.4, 0.5) is 0 Å². The molecule has 7 nitrogen and oxygen atoms in total. The van der Waals surface area contributed by atoms with Gasteiger partial charge in [0.2, 0.25) is 6.41 Å². The van der Waals surface area contributed by atoms with Gasteiger partial charge in [0.15, 0.2) is 0 Å². The van der Waals surface area contributed by atoms with E-state index < -0.39 is 0 Å². The smallest absolute Gasteiger partial charge is 0.274 e. The van der Waals surface area contributed by atoms with E-state index in [-0.39, 0.29) is 5.56 Å². The highest BCUT2D eigenvalue weighted by atomic mass is 127. The summed E-state index contributed by atoms with van der Waals surface area (Å²) in [6.07, 6.45) is 12.0. The van der Waals surface area contributed by atoms with E-state index in [2.05, 4.69) is 54.7 Å². The van der Waals surface area contributed by atoms with E-state index in [4.69, 9.17) is 11.6 Å². The molecule has 34 heavy (non-hydrogen) atoms. The molecule has 2 heterocycles. The molecule has 1 amide bonds. The molecule has 1 aliphatic carbocycles. The molecule has 1 unspecified atom stereocenters. The second-order valence-corrected chi connectivity index (χ2v) is 11.8. The van der Waals surface area contributed by atoms with Gasteiger partial charge in [0.1, 0.15) is 0 Å². The lowest BCUT2D eigenvalue weighted by Crippen LogP contribution is -2.62. The summed E-state index contributed by atoms with van der Waals surface area (Å²) in [6, 6.07) is 4.03. The zero-order valence-electron chi connectivity index (χ0n) is 19.2. The van der Waals surface area contributed by atoms with Gasteiger partial charge in [-0.25, -0.2) is 9.88 Å². The van der Waals surface area contributed by atoms with Gasteiger partial charge in [-0.1, -0.05) is 29.8 Å². The number of nitrogens with one attached hydrogen (secondary N) is 1. The van der Waals surface area contributed by atoms with Crippen LogP contribution in [-0.4, -0.2) is 46.7 Å². The summed E-state index contributed by atoms with van der Waals surface area (Å²) in [4.78, 5) is 25.2. The molecule has 2 aromatic rings. The number of amides is 1. The van der Waals surface area contributed by atoms with Crippen molar-refractivity contribution in [3.05, 3.63) is 67.6 Å². The van der Waals surface area contributed by atoms with E-state index in [1.165, 1.54) is 22.9 Å². The molecule has 1 aromatic heterocycles. The number of hydrogen-bond donors (Lipinski definition) is 1. The van der Waals surface area contributed by atoms with Crippen molar-refractivity contribution in [3.8, 4) is 0 Å². The maximum atomic E-state index is 12.2. The Balaban J connectivity index is 1.28. The summed E-state index contributed by atoms with van der Waals surface area (Å²) in [7, 11) is 0. The highest BCUT2D eigenvalue weighted by Gasteiger charge is 2.51. The van der Waals surface area contributed by atoms with Crippen LogP contribution in [0.2, 0.25) is 5.02 Å². The van der Waals surface area contributed by atoms with Crippen molar-refractivity contribution >= 4 is 58.7 Å². The van der Waals surface area contributed by atoms with Crippen LogP contribution in [0.25, 0.3) is 6.08 Å². The third-order valence-corrected chi connectivity index (χ3v) is 9.19. The lowest BCUT2D eigenvalue weighted by Gasteiger charge is -2.59. The first-order valence-corrected chi connectivity index (χ1v) is 15.6. The van der Waals surface area contributed by atoms with E-state index >= 15 is 0 Å². The Hall–Kier alpha value is -1.61.